The SMILES string of the molecule is Cc1c(F)cc(C2(c3cc(F)c(C)c(F)c3O)c3ccccc3-c3ccccc32)c(O)c1F. The molecule has 0 spiro atoms. The van der Waals surface area contributed by atoms with E-state index < -0.39 is 51.3 Å². The van der Waals surface area contributed by atoms with Crippen molar-refractivity contribution < 1.29 is 27.8 Å². The van der Waals surface area contributed by atoms with E-state index in [2.05, 4.69) is 0 Å². The lowest BCUT2D eigenvalue weighted by Crippen LogP contribution is -2.30. The first-order valence-corrected chi connectivity index (χ1v) is 10.3. The Balaban J connectivity index is 2.07. The minimum Gasteiger partial charge on any atom is -0.505 e. The maximum atomic E-state index is 15.0. The number of aromatic hydroxyl groups is 2. The first-order chi connectivity index (χ1) is 15.7. The van der Waals surface area contributed by atoms with Crippen LogP contribution in [-0.4, -0.2) is 10.2 Å². The second-order valence-corrected chi connectivity index (χ2v) is 8.23. The highest BCUT2D eigenvalue weighted by atomic mass is 19.1. The smallest absolute Gasteiger partial charge is 0.170 e. The van der Waals surface area contributed by atoms with E-state index in [4.69, 9.17) is 0 Å². The molecule has 4 aromatic rings. The summed E-state index contributed by atoms with van der Waals surface area (Å²) in [6.45, 7) is 2.36. The maximum absolute atomic E-state index is 15.0. The number of hydrogen-bond donors (Lipinski definition) is 2. The third kappa shape index (κ3) is 2.61. The molecule has 4 aromatic carbocycles. The number of fused-ring (bicyclic) bond motifs is 3. The third-order valence-corrected chi connectivity index (χ3v) is 6.60. The molecular formula is C27H18F4O2. The van der Waals surface area contributed by atoms with Gasteiger partial charge in [-0.15, -0.1) is 0 Å². The van der Waals surface area contributed by atoms with Gasteiger partial charge in [0.1, 0.15) is 11.6 Å². The summed E-state index contributed by atoms with van der Waals surface area (Å²) >= 11 is 0. The van der Waals surface area contributed by atoms with Crippen molar-refractivity contribution in [1.29, 1.82) is 0 Å². The van der Waals surface area contributed by atoms with Crippen molar-refractivity contribution in [1.82, 2.24) is 0 Å². The molecule has 33 heavy (non-hydrogen) atoms. The molecule has 0 saturated carbocycles. The molecular weight excluding hydrogens is 432 g/mol. The van der Waals surface area contributed by atoms with E-state index in [9.17, 15) is 27.8 Å². The van der Waals surface area contributed by atoms with Crippen molar-refractivity contribution in [3.05, 3.63) is 117 Å². The van der Waals surface area contributed by atoms with Crippen LogP contribution in [0.5, 0.6) is 11.5 Å². The second kappa shape index (κ2) is 7.10. The largest absolute Gasteiger partial charge is 0.505 e. The van der Waals surface area contributed by atoms with Crippen molar-refractivity contribution in [2.24, 2.45) is 0 Å². The van der Waals surface area contributed by atoms with Gasteiger partial charge in [0.15, 0.2) is 23.1 Å². The number of rotatable bonds is 2. The molecule has 0 fully saturated rings. The summed E-state index contributed by atoms with van der Waals surface area (Å²) in [7, 11) is 0. The zero-order valence-corrected chi connectivity index (χ0v) is 17.7. The van der Waals surface area contributed by atoms with Gasteiger partial charge in [0.2, 0.25) is 0 Å². The molecule has 0 bridgehead atoms. The Hall–Kier alpha value is -3.80. The highest BCUT2D eigenvalue weighted by molar-refractivity contribution is 5.87. The zero-order valence-electron chi connectivity index (χ0n) is 17.7. The molecule has 2 N–H and O–H groups in total. The first kappa shape index (κ1) is 21.1. The fourth-order valence-corrected chi connectivity index (χ4v) is 4.94. The summed E-state index contributed by atoms with van der Waals surface area (Å²) in [6, 6.07) is 15.6. The van der Waals surface area contributed by atoms with Crippen molar-refractivity contribution in [3.8, 4) is 22.6 Å². The topological polar surface area (TPSA) is 40.5 Å². The molecule has 0 radical (unpaired) electrons. The van der Waals surface area contributed by atoms with Gasteiger partial charge >= 0.3 is 0 Å². The maximum Gasteiger partial charge on any atom is 0.170 e. The molecule has 0 unspecified atom stereocenters. The highest BCUT2D eigenvalue weighted by Gasteiger charge is 2.50. The molecule has 1 aliphatic carbocycles. The predicted molar refractivity (Wildman–Crippen MR) is 116 cm³/mol. The van der Waals surface area contributed by atoms with Crippen LogP contribution in [0.2, 0.25) is 0 Å². The lowest BCUT2D eigenvalue weighted by Gasteiger charge is -2.35. The van der Waals surface area contributed by atoms with E-state index in [1.54, 1.807) is 48.5 Å². The standard InChI is InChI=1S/C27H18F4O2/c1-13-21(28)11-19(25(32)23(13)30)27(20-12-22(29)14(2)24(31)26(20)33)17-9-5-3-7-15(17)16-8-4-6-10-18(16)27/h3-12,32-33H,1-2H3. The fourth-order valence-electron chi connectivity index (χ4n) is 4.94. The van der Waals surface area contributed by atoms with E-state index in [1.807, 2.05) is 0 Å². The monoisotopic (exact) mass is 450 g/mol. The van der Waals surface area contributed by atoms with E-state index in [0.29, 0.717) is 22.3 Å². The average Bonchev–Trinajstić information content (AvgIpc) is 3.12. The molecule has 1 aliphatic rings. The quantitative estimate of drug-likeness (QED) is 0.296. The minimum atomic E-state index is -1.79. The Morgan fingerprint density at radius 2 is 0.939 bits per heavy atom. The molecule has 0 amide bonds. The molecule has 6 heteroatoms. The molecule has 0 atom stereocenters. The number of halogens is 4. The van der Waals surface area contributed by atoms with Gasteiger partial charge < -0.3 is 10.2 Å². The molecule has 2 nitrogen and oxygen atoms in total. The van der Waals surface area contributed by atoms with Crippen LogP contribution >= 0.6 is 0 Å². The number of benzene rings is 4. The molecule has 5 rings (SSSR count). The van der Waals surface area contributed by atoms with Gasteiger partial charge in [-0.05, 0) is 48.2 Å². The lowest BCUT2D eigenvalue weighted by atomic mass is 9.66. The van der Waals surface area contributed by atoms with Gasteiger partial charge in [0, 0.05) is 22.3 Å². The van der Waals surface area contributed by atoms with Crippen LogP contribution in [0.15, 0.2) is 60.7 Å². The highest BCUT2D eigenvalue weighted by Crippen LogP contribution is 2.60. The normalized spacial score (nSPS) is 13.6. The number of hydrogen-bond acceptors (Lipinski definition) is 2. The van der Waals surface area contributed by atoms with Gasteiger partial charge in [-0.2, -0.15) is 0 Å². The van der Waals surface area contributed by atoms with Gasteiger partial charge in [-0.1, -0.05) is 48.5 Å². The summed E-state index contributed by atoms with van der Waals surface area (Å²) in [5.74, 6) is -5.96. The van der Waals surface area contributed by atoms with Crippen LogP contribution in [0.1, 0.15) is 33.4 Å². The summed E-state index contributed by atoms with van der Waals surface area (Å²) in [5, 5.41) is 21.8. The minimum absolute atomic E-state index is 0.265. The third-order valence-electron chi connectivity index (χ3n) is 6.60. The van der Waals surface area contributed by atoms with Crippen molar-refractivity contribution in [2.45, 2.75) is 19.3 Å². The van der Waals surface area contributed by atoms with Crippen molar-refractivity contribution in [2.75, 3.05) is 0 Å². The van der Waals surface area contributed by atoms with Gasteiger partial charge in [-0.3, -0.25) is 0 Å². The van der Waals surface area contributed by atoms with E-state index in [0.717, 1.165) is 12.1 Å². The fraction of sp³-hybridized carbons (Fsp3) is 0.111. The van der Waals surface area contributed by atoms with Gasteiger partial charge in [-0.25, -0.2) is 17.6 Å². The Kier molecular flexibility index (Phi) is 4.53. The van der Waals surface area contributed by atoms with Crippen LogP contribution in [0.3, 0.4) is 0 Å². The summed E-state index contributed by atoms with van der Waals surface area (Å²) in [6.07, 6.45) is 0. The Labute approximate surface area is 187 Å². The van der Waals surface area contributed by atoms with Crippen LogP contribution in [-0.2, 0) is 5.41 Å². The number of phenols is 2. The zero-order chi connectivity index (χ0) is 23.7. The average molecular weight is 450 g/mol. The predicted octanol–water partition coefficient (Wildman–Crippen LogP) is 6.63. The molecule has 166 valence electrons. The van der Waals surface area contributed by atoms with Gasteiger partial charge in [0.05, 0.1) is 5.41 Å². The molecule has 0 heterocycles. The second-order valence-electron chi connectivity index (χ2n) is 8.23. The molecule has 0 aromatic heterocycles. The van der Waals surface area contributed by atoms with Crippen molar-refractivity contribution >= 4 is 0 Å². The van der Waals surface area contributed by atoms with Crippen molar-refractivity contribution in [3.63, 3.8) is 0 Å². The first-order valence-electron chi connectivity index (χ1n) is 10.3. The van der Waals surface area contributed by atoms with E-state index >= 15 is 0 Å². The number of phenolic OH excluding ortho intramolecular Hbond substituents is 2. The molecule has 0 saturated heterocycles. The van der Waals surface area contributed by atoms with Gasteiger partial charge in [0.25, 0.3) is 0 Å². The molecule has 0 aliphatic heterocycles. The Morgan fingerprint density at radius 1 is 0.576 bits per heavy atom. The van der Waals surface area contributed by atoms with E-state index in [1.165, 1.54) is 13.8 Å². The Bertz CT molecular complexity index is 1350. The van der Waals surface area contributed by atoms with Crippen LogP contribution < -0.4 is 0 Å². The summed E-state index contributed by atoms with van der Waals surface area (Å²) < 4.78 is 59.7. The summed E-state index contributed by atoms with van der Waals surface area (Å²) in [5.41, 5.74) is -0.968. The van der Waals surface area contributed by atoms with Crippen LogP contribution in [0.4, 0.5) is 17.6 Å². The summed E-state index contributed by atoms with van der Waals surface area (Å²) in [4.78, 5) is 0. The van der Waals surface area contributed by atoms with Crippen LogP contribution in [0, 0.1) is 37.1 Å². The van der Waals surface area contributed by atoms with E-state index in [-0.39, 0.29) is 11.1 Å². The van der Waals surface area contributed by atoms with Crippen LogP contribution in [0.25, 0.3) is 11.1 Å². The lowest BCUT2D eigenvalue weighted by molar-refractivity contribution is 0.399. The Morgan fingerprint density at radius 3 is 1.33 bits per heavy atom.